The molecule has 2 N–H and O–H groups in total. The molecular weight excluding hydrogens is 326 g/mol. The standard InChI is InChI=1S/C26H25N/c27-22-9-3-5-18(17-22)11-12-20-7-4-8-21-14-15-24-23-10-2-1-6-19(23)13-16-25(24)26(20)21/h2-5,7-10,14-15,17H,1,6,11-13,16,27H2. The lowest BCUT2D eigenvalue weighted by Crippen LogP contribution is -2.08. The van der Waals surface area contributed by atoms with Crippen molar-refractivity contribution in [2.24, 2.45) is 0 Å². The second-order valence-corrected chi connectivity index (χ2v) is 7.81. The van der Waals surface area contributed by atoms with Gasteiger partial charge in [0.2, 0.25) is 0 Å². The lowest BCUT2D eigenvalue weighted by Gasteiger charge is -2.26. The van der Waals surface area contributed by atoms with E-state index in [2.05, 4.69) is 60.7 Å². The Kier molecular flexibility index (Phi) is 4.09. The molecule has 0 fully saturated rings. The van der Waals surface area contributed by atoms with Gasteiger partial charge in [-0.1, -0.05) is 60.2 Å². The molecule has 0 radical (unpaired) electrons. The molecular formula is C26H25N. The quantitative estimate of drug-likeness (QED) is 0.554. The third kappa shape index (κ3) is 2.98. The van der Waals surface area contributed by atoms with E-state index in [1.54, 1.807) is 11.1 Å². The van der Waals surface area contributed by atoms with E-state index < -0.39 is 0 Å². The Morgan fingerprint density at radius 2 is 1.78 bits per heavy atom. The summed E-state index contributed by atoms with van der Waals surface area (Å²) in [5, 5.41) is 2.87. The van der Waals surface area contributed by atoms with Crippen LogP contribution in [0.2, 0.25) is 0 Å². The number of allylic oxidation sites excluding steroid dienone is 4. The van der Waals surface area contributed by atoms with Gasteiger partial charge < -0.3 is 5.73 Å². The molecule has 0 spiro atoms. The van der Waals surface area contributed by atoms with Crippen molar-refractivity contribution in [2.45, 2.75) is 38.5 Å². The Balaban J connectivity index is 1.58. The highest BCUT2D eigenvalue weighted by Crippen LogP contribution is 2.40. The predicted octanol–water partition coefficient (Wildman–Crippen LogP) is 6.26. The Morgan fingerprint density at radius 3 is 2.70 bits per heavy atom. The topological polar surface area (TPSA) is 26.0 Å². The summed E-state index contributed by atoms with van der Waals surface area (Å²) in [5.41, 5.74) is 15.8. The maximum Gasteiger partial charge on any atom is 0.0316 e. The van der Waals surface area contributed by atoms with Crippen molar-refractivity contribution in [3.8, 4) is 0 Å². The zero-order valence-electron chi connectivity index (χ0n) is 15.7. The van der Waals surface area contributed by atoms with Crippen LogP contribution in [0.4, 0.5) is 5.69 Å². The smallest absolute Gasteiger partial charge is 0.0316 e. The molecule has 2 aliphatic rings. The van der Waals surface area contributed by atoms with Crippen molar-refractivity contribution in [3.05, 3.63) is 94.6 Å². The van der Waals surface area contributed by atoms with Crippen LogP contribution in [0.25, 0.3) is 16.3 Å². The molecule has 3 aromatic rings. The number of rotatable bonds is 3. The zero-order valence-corrected chi connectivity index (χ0v) is 15.7. The Morgan fingerprint density at radius 1 is 0.852 bits per heavy atom. The fourth-order valence-electron chi connectivity index (χ4n) is 4.81. The molecule has 0 bridgehead atoms. The van der Waals surface area contributed by atoms with Crippen molar-refractivity contribution in [3.63, 3.8) is 0 Å². The number of benzene rings is 3. The molecule has 3 aromatic carbocycles. The number of aryl methyl sites for hydroxylation is 3. The minimum absolute atomic E-state index is 0.853. The first-order chi connectivity index (χ1) is 13.3. The summed E-state index contributed by atoms with van der Waals surface area (Å²) < 4.78 is 0. The van der Waals surface area contributed by atoms with Gasteiger partial charge in [0.1, 0.15) is 0 Å². The highest BCUT2D eigenvalue weighted by molar-refractivity contribution is 5.95. The van der Waals surface area contributed by atoms with Crippen LogP contribution in [0.15, 0.2) is 72.3 Å². The molecule has 1 heteroatoms. The van der Waals surface area contributed by atoms with E-state index in [0.717, 1.165) is 18.5 Å². The summed E-state index contributed by atoms with van der Waals surface area (Å²) >= 11 is 0. The van der Waals surface area contributed by atoms with Crippen LogP contribution >= 0.6 is 0 Å². The third-order valence-corrected chi connectivity index (χ3v) is 6.12. The average molecular weight is 351 g/mol. The third-order valence-electron chi connectivity index (χ3n) is 6.12. The molecule has 0 aliphatic heterocycles. The number of nitrogens with two attached hydrogens (primary N) is 1. The van der Waals surface area contributed by atoms with Crippen LogP contribution in [0.1, 0.15) is 41.5 Å². The van der Waals surface area contributed by atoms with E-state index in [1.165, 1.54) is 58.7 Å². The van der Waals surface area contributed by atoms with Crippen LogP contribution in [-0.4, -0.2) is 0 Å². The van der Waals surface area contributed by atoms with Gasteiger partial charge in [0.15, 0.2) is 0 Å². The first-order valence-corrected chi connectivity index (χ1v) is 10.1. The van der Waals surface area contributed by atoms with E-state index in [1.807, 2.05) is 6.07 Å². The van der Waals surface area contributed by atoms with Gasteiger partial charge >= 0.3 is 0 Å². The minimum atomic E-state index is 0.853. The van der Waals surface area contributed by atoms with Crippen LogP contribution in [0.5, 0.6) is 0 Å². The molecule has 5 rings (SSSR count). The number of hydrogen-bond acceptors (Lipinski definition) is 1. The molecule has 27 heavy (non-hydrogen) atoms. The van der Waals surface area contributed by atoms with Gasteiger partial charge in [0.05, 0.1) is 0 Å². The Labute approximate surface area is 161 Å². The van der Waals surface area contributed by atoms with Gasteiger partial charge in [-0.25, -0.2) is 0 Å². The van der Waals surface area contributed by atoms with Gasteiger partial charge in [-0.2, -0.15) is 0 Å². The molecule has 2 aliphatic carbocycles. The second-order valence-electron chi connectivity index (χ2n) is 7.81. The predicted molar refractivity (Wildman–Crippen MR) is 116 cm³/mol. The van der Waals surface area contributed by atoms with Crippen LogP contribution in [-0.2, 0) is 19.3 Å². The van der Waals surface area contributed by atoms with E-state index in [9.17, 15) is 0 Å². The summed E-state index contributed by atoms with van der Waals surface area (Å²) in [5.74, 6) is 0. The van der Waals surface area contributed by atoms with Gasteiger partial charge in [-0.05, 0) is 89.3 Å². The van der Waals surface area contributed by atoms with Crippen molar-refractivity contribution >= 4 is 22.0 Å². The van der Waals surface area contributed by atoms with Gasteiger partial charge in [-0.15, -0.1) is 0 Å². The van der Waals surface area contributed by atoms with E-state index in [0.29, 0.717) is 0 Å². The fourth-order valence-corrected chi connectivity index (χ4v) is 4.81. The summed E-state index contributed by atoms with van der Waals surface area (Å²) in [7, 11) is 0. The van der Waals surface area contributed by atoms with Crippen LogP contribution in [0.3, 0.4) is 0 Å². The minimum Gasteiger partial charge on any atom is -0.399 e. The number of fused-ring (bicyclic) bond motifs is 4. The highest BCUT2D eigenvalue weighted by Gasteiger charge is 2.21. The summed E-state index contributed by atoms with van der Waals surface area (Å²) in [4.78, 5) is 0. The van der Waals surface area contributed by atoms with Gasteiger partial charge in [-0.3, -0.25) is 0 Å². The maximum absolute atomic E-state index is 5.96. The second kappa shape index (κ2) is 6.74. The summed E-state index contributed by atoms with van der Waals surface area (Å²) in [6, 6.07) is 19.7. The molecule has 1 nitrogen and oxygen atoms in total. The first kappa shape index (κ1) is 16.4. The van der Waals surface area contributed by atoms with E-state index in [4.69, 9.17) is 5.73 Å². The molecule has 0 saturated heterocycles. The van der Waals surface area contributed by atoms with Crippen molar-refractivity contribution in [1.29, 1.82) is 0 Å². The Bertz CT molecular complexity index is 1080. The van der Waals surface area contributed by atoms with Gasteiger partial charge in [0, 0.05) is 5.69 Å². The molecule has 0 saturated carbocycles. The maximum atomic E-state index is 5.96. The monoisotopic (exact) mass is 351 g/mol. The highest BCUT2D eigenvalue weighted by atomic mass is 14.5. The summed E-state index contributed by atoms with van der Waals surface area (Å²) in [6.07, 6.45) is 11.6. The Hall–Kier alpha value is -2.80. The molecule has 0 heterocycles. The van der Waals surface area contributed by atoms with E-state index in [-0.39, 0.29) is 0 Å². The molecule has 0 amide bonds. The van der Waals surface area contributed by atoms with Gasteiger partial charge in [0.25, 0.3) is 0 Å². The van der Waals surface area contributed by atoms with Crippen LogP contribution < -0.4 is 5.73 Å². The van der Waals surface area contributed by atoms with Crippen molar-refractivity contribution < 1.29 is 0 Å². The molecule has 0 unspecified atom stereocenters. The summed E-state index contributed by atoms with van der Waals surface area (Å²) in [6.45, 7) is 0. The number of anilines is 1. The largest absolute Gasteiger partial charge is 0.399 e. The van der Waals surface area contributed by atoms with Crippen molar-refractivity contribution in [2.75, 3.05) is 5.73 Å². The SMILES string of the molecule is Nc1cccc(CCc2cccc3ccc4c(c23)CCC2=C4C=CCC2)c1. The van der Waals surface area contributed by atoms with Crippen molar-refractivity contribution in [1.82, 2.24) is 0 Å². The zero-order chi connectivity index (χ0) is 18.2. The lowest BCUT2D eigenvalue weighted by molar-refractivity contribution is 0.830. The number of nitrogen functional groups attached to an aromatic ring is 1. The lowest BCUT2D eigenvalue weighted by atomic mass is 9.78. The van der Waals surface area contributed by atoms with E-state index >= 15 is 0 Å². The van der Waals surface area contributed by atoms with Crippen LogP contribution in [0, 0.1) is 0 Å². The fraction of sp³-hybridized carbons (Fsp3) is 0.231. The molecule has 0 aromatic heterocycles. The first-order valence-electron chi connectivity index (χ1n) is 10.1. The molecule has 0 atom stereocenters. The molecule has 134 valence electrons. The average Bonchev–Trinajstić information content (AvgIpc) is 2.71. The normalized spacial score (nSPS) is 15.7. The number of hydrogen-bond donors (Lipinski definition) is 1.